The summed E-state index contributed by atoms with van der Waals surface area (Å²) in [6, 6.07) is 5.92. The molecule has 0 aliphatic carbocycles. The molecule has 26 heavy (non-hydrogen) atoms. The second-order valence-corrected chi connectivity index (χ2v) is 7.49. The minimum atomic E-state index is -0.369. The van der Waals surface area contributed by atoms with Gasteiger partial charge in [-0.15, -0.1) is 10.2 Å². The maximum absolute atomic E-state index is 12.5. The Kier molecular flexibility index (Phi) is 6.79. The highest BCUT2D eigenvalue weighted by atomic mass is 32.2. The zero-order valence-corrected chi connectivity index (χ0v) is 16.4. The van der Waals surface area contributed by atoms with E-state index in [1.54, 1.807) is 0 Å². The first-order valence-electron chi connectivity index (χ1n) is 8.57. The summed E-state index contributed by atoms with van der Waals surface area (Å²) in [6.45, 7) is 8.46. The van der Waals surface area contributed by atoms with Gasteiger partial charge in [0.2, 0.25) is 11.8 Å². The molecule has 1 heterocycles. The van der Waals surface area contributed by atoms with E-state index in [-0.39, 0.29) is 23.5 Å². The van der Waals surface area contributed by atoms with Gasteiger partial charge in [-0.1, -0.05) is 29.5 Å². The highest BCUT2D eigenvalue weighted by Crippen LogP contribution is 2.24. The van der Waals surface area contributed by atoms with Crippen molar-refractivity contribution >= 4 is 29.3 Å². The molecule has 3 N–H and O–H groups in total. The molecule has 8 heteroatoms. The maximum Gasteiger partial charge on any atom is 0.237 e. The fourth-order valence-electron chi connectivity index (χ4n) is 2.54. The lowest BCUT2D eigenvalue weighted by Gasteiger charge is -2.14. The average Bonchev–Trinajstić information content (AvgIpc) is 2.96. The second kappa shape index (κ2) is 8.84. The van der Waals surface area contributed by atoms with Gasteiger partial charge >= 0.3 is 0 Å². The Morgan fingerprint density at radius 3 is 2.65 bits per heavy atom. The van der Waals surface area contributed by atoms with Crippen molar-refractivity contribution in [2.24, 2.45) is 5.73 Å². The van der Waals surface area contributed by atoms with Crippen LogP contribution in [0, 0.1) is 13.8 Å². The number of benzene rings is 1. The number of amides is 2. The van der Waals surface area contributed by atoms with Crippen molar-refractivity contribution in [2.45, 2.75) is 57.5 Å². The monoisotopic (exact) mass is 375 g/mol. The van der Waals surface area contributed by atoms with Crippen molar-refractivity contribution in [3.63, 3.8) is 0 Å². The molecule has 2 rings (SSSR count). The van der Waals surface area contributed by atoms with Crippen molar-refractivity contribution in [1.82, 2.24) is 14.8 Å². The number of nitrogens with one attached hydrogen (secondary N) is 1. The van der Waals surface area contributed by atoms with Crippen molar-refractivity contribution in [3.05, 3.63) is 35.2 Å². The normalized spacial score (nSPS) is 12.0. The van der Waals surface area contributed by atoms with Gasteiger partial charge in [0.1, 0.15) is 5.82 Å². The van der Waals surface area contributed by atoms with Gasteiger partial charge in [0.05, 0.1) is 5.25 Å². The first-order chi connectivity index (χ1) is 12.3. The molecule has 140 valence electrons. The fourth-order valence-corrected chi connectivity index (χ4v) is 3.48. The van der Waals surface area contributed by atoms with Crippen LogP contribution < -0.4 is 11.1 Å². The summed E-state index contributed by atoms with van der Waals surface area (Å²) in [6.07, 6.45) is 0.672. The van der Waals surface area contributed by atoms with E-state index in [9.17, 15) is 9.59 Å². The topological polar surface area (TPSA) is 103 Å². The van der Waals surface area contributed by atoms with Gasteiger partial charge in [-0.3, -0.25) is 9.59 Å². The van der Waals surface area contributed by atoms with Crippen LogP contribution in [0.25, 0.3) is 0 Å². The lowest BCUT2D eigenvalue weighted by atomic mass is 10.1. The Hall–Kier alpha value is -2.35. The quantitative estimate of drug-likeness (QED) is 0.690. The average molecular weight is 375 g/mol. The molecule has 0 aliphatic rings. The Morgan fingerprint density at radius 1 is 1.31 bits per heavy atom. The third-order valence-electron chi connectivity index (χ3n) is 4.00. The summed E-state index contributed by atoms with van der Waals surface area (Å²) in [4.78, 5) is 23.5. The molecular formula is C18H25N5O2S. The molecule has 0 aliphatic heterocycles. The van der Waals surface area contributed by atoms with E-state index in [0.717, 1.165) is 16.8 Å². The lowest BCUT2D eigenvalue weighted by molar-refractivity contribution is -0.118. The fraction of sp³-hybridized carbons (Fsp3) is 0.444. The van der Waals surface area contributed by atoms with Crippen LogP contribution in [-0.2, 0) is 22.6 Å². The van der Waals surface area contributed by atoms with Crippen molar-refractivity contribution in [3.8, 4) is 0 Å². The minimum absolute atomic E-state index is 0.0914. The van der Waals surface area contributed by atoms with E-state index in [1.807, 2.05) is 50.5 Å². The van der Waals surface area contributed by atoms with E-state index >= 15 is 0 Å². The molecule has 0 unspecified atom stereocenters. The van der Waals surface area contributed by atoms with Gasteiger partial charge < -0.3 is 15.6 Å². The van der Waals surface area contributed by atoms with E-state index in [0.29, 0.717) is 23.9 Å². The van der Waals surface area contributed by atoms with E-state index in [2.05, 4.69) is 15.5 Å². The number of nitrogens with two attached hydrogens (primary N) is 1. The third-order valence-corrected chi connectivity index (χ3v) is 5.08. The summed E-state index contributed by atoms with van der Waals surface area (Å²) >= 11 is 1.35. The molecule has 0 bridgehead atoms. The van der Waals surface area contributed by atoms with Crippen LogP contribution in [0.3, 0.4) is 0 Å². The molecule has 1 atom stereocenters. The molecule has 7 nitrogen and oxygen atoms in total. The number of nitrogens with zero attached hydrogens (tertiary/aromatic N) is 3. The van der Waals surface area contributed by atoms with Gasteiger partial charge in [-0.2, -0.15) is 0 Å². The maximum atomic E-state index is 12.5. The molecule has 0 radical (unpaired) electrons. The molecule has 0 spiro atoms. The van der Waals surface area contributed by atoms with Crippen molar-refractivity contribution in [1.29, 1.82) is 0 Å². The number of anilines is 1. The Bertz CT molecular complexity index is 803. The predicted octanol–water partition coefficient (Wildman–Crippen LogP) is 2.45. The lowest BCUT2D eigenvalue weighted by Crippen LogP contribution is -2.23. The van der Waals surface area contributed by atoms with Crippen molar-refractivity contribution < 1.29 is 9.59 Å². The SMILES string of the molecule is CCn1c(CCC(N)=O)nnc1S[C@H](C)C(=O)Nc1ccc(C)cc1C. The summed E-state index contributed by atoms with van der Waals surface area (Å²) in [5.41, 5.74) is 8.20. The Morgan fingerprint density at radius 2 is 2.04 bits per heavy atom. The van der Waals surface area contributed by atoms with Crippen LogP contribution in [-0.4, -0.2) is 31.8 Å². The van der Waals surface area contributed by atoms with Crippen LogP contribution >= 0.6 is 11.8 Å². The number of hydrogen-bond donors (Lipinski definition) is 2. The predicted molar refractivity (Wildman–Crippen MR) is 103 cm³/mol. The van der Waals surface area contributed by atoms with Crippen LogP contribution in [0.1, 0.15) is 37.2 Å². The number of hydrogen-bond acceptors (Lipinski definition) is 5. The molecule has 2 amide bonds. The first kappa shape index (κ1) is 20.0. The van der Waals surface area contributed by atoms with Crippen LogP contribution in [0.15, 0.2) is 23.4 Å². The third kappa shape index (κ3) is 5.08. The number of primary amides is 1. The second-order valence-electron chi connectivity index (χ2n) is 6.18. The number of aromatic nitrogens is 3. The zero-order valence-electron chi connectivity index (χ0n) is 15.6. The largest absolute Gasteiger partial charge is 0.370 e. The number of carbonyl (C=O) groups is 2. The zero-order chi connectivity index (χ0) is 19.3. The van der Waals surface area contributed by atoms with E-state index in [4.69, 9.17) is 5.73 Å². The number of thioether (sulfide) groups is 1. The summed E-state index contributed by atoms with van der Waals surface area (Å²) in [5.74, 6) is 0.244. The molecule has 0 saturated carbocycles. The van der Waals surface area contributed by atoms with E-state index in [1.165, 1.54) is 11.8 Å². The van der Waals surface area contributed by atoms with Gasteiger partial charge in [-0.25, -0.2) is 0 Å². The van der Waals surface area contributed by atoms with Crippen LogP contribution in [0.5, 0.6) is 0 Å². The smallest absolute Gasteiger partial charge is 0.237 e. The van der Waals surface area contributed by atoms with Crippen LogP contribution in [0.4, 0.5) is 5.69 Å². The van der Waals surface area contributed by atoms with Gasteiger partial charge in [0, 0.05) is 25.1 Å². The molecule has 1 aromatic carbocycles. The molecule has 2 aromatic rings. The Labute approximate surface area is 157 Å². The number of rotatable bonds is 8. The summed E-state index contributed by atoms with van der Waals surface area (Å²) < 4.78 is 1.91. The van der Waals surface area contributed by atoms with E-state index < -0.39 is 0 Å². The van der Waals surface area contributed by atoms with Gasteiger partial charge in [0.25, 0.3) is 0 Å². The Balaban J connectivity index is 2.05. The summed E-state index contributed by atoms with van der Waals surface area (Å²) in [5, 5.41) is 11.6. The number of carbonyl (C=O) groups excluding carboxylic acids is 2. The van der Waals surface area contributed by atoms with Gasteiger partial charge in [-0.05, 0) is 39.3 Å². The number of aryl methyl sites for hydroxylation is 3. The van der Waals surface area contributed by atoms with Crippen LogP contribution in [0.2, 0.25) is 0 Å². The standard InChI is InChI=1S/C18H25N5O2S/c1-5-23-16(9-8-15(19)24)21-22-18(23)26-13(4)17(25)20-14-7-6-11(2)10-12(14)3/h6-7,10,13H,5,8-9H2,1-4H3,(H2,19,24)(H,20,25)/t13-/m1/s1. The highest BCUT2D eigenvalue weighted by Gasteiger charge is 2.20. The highest BCUT2D eigenvalue weighted by molar-refractivity contribution is 8.00. The molecule has 1 aromatic heterocycles. The molecular weight excluding hydrogens is 350 g/mol. The first-order valence-corrected chi connectivity index (χ1v) is 9.45. The molecule has 0 saturated heterocycles. The summed E-state index contributed by atoms with van der Waals surface area (Å²) in [7, 11) is 0. The minimum Gasteiger partial charge on any atom is -0.370 e. The van der Waals surface area contributed by atoms with Crippen molar-refractivity contribution in [2.75, 3.05) is 5.32 Å². The molecule has 0 fully saturated rings. The van der Waals surface area contributed by atoms with Gasteiger partial charge in [0.15, 0.2) is 5.16 Å².